The maximum absolute atomic E-state index is 13.0. The molecule has 0 radical (unpaired) electrons. The molecule has 1 saturated heterocycles. The van der Waals surface area contributed by atoms with Gasteiger partial charge in [-0.25, -0.2) is 4.39 Å². The van der Waals surface area contributed by atoms with Gasteiger partial charge in [-0.1, -0.05) is 47.2 Å². The first-order valence-corrected chi connectivity index (χ1v) is 11.3. The molecule has 2 amide bonds. The number of halogens is 2. The van der Waals surface area contributed by atoms with Gasteiger partial charge in [0.1, 0.15) is 10.8 Å². The van der Waals surface area contributed by atoms with Gasteiger partial charge in [-0.05, 0) is 29.8 Å². The van der Waals surface area contributed by atoms with Crippen molar-refractivity contribution >= 4 is 34.8 Å². The molecule has 0 bridgehead atoms. The van der Waals surface area contributed by atoms with Gasteiger partial charge in [0.2, 0.25) is 5.01 Å². The summed E-state index contributed by atoms with van der Waals surface area (Å²) in [7, 11) is 0. The molecule has 10 heteroatoms. The van der Waals surface area contributed by atoms with Gasteiger partial charge in [0.25, 0.3) is 11.8 Å². The van der Waals surface area contributed by atoms with E-state index in [2.05, 4.69) is 20.4 Å². The summed E-state index contributed by atoms with van der Waals surface area (Å²) in [6, 6.07) is 13.0. The molecule has 3 aromatic rings. The molecule has 32 heavy (non-hydrogen) atoms. The number of aromatic nitrogens is 2. The largest absolute Gasteiger partial charge is 0.346 e. The minimum absolute atomic E-state index is 0.0636. The Hall–Kier alpha value is -2.88. The van der Waals surface area contributed by atoms with Crippen LogP contribution in [0, 0.1) is 5.82 Å². The van der Waals surface area contributed by atoms with Crippen LogP contribution in [0.2, 0.25) is 5.02 Å². The molecule has 0 aliphatic carbocycles. The zero-order chi connectivity index (χ0) is 22.5. The van der Waals surface area contributed by atoms with Gasteiger partial charge >= 0.3 is 0 Å². The van der Waals surface area contributed by atoms with Crippen LogP contribution in [0.15, 0.2) is 48.5 Å². The summed E-state index contributed by atoms with van der Waals surface area (Å²) in [5.41, 5.74) is 1.32. The highest BCUT2D eigenvalue weighted by atomic mass is 35.5. The molecular formula is C22H21ClFN5O2S. The molecule has 2 aromatic carbocycles. The summed E-state index contributed by atoms with van der Waals surface area (Å²) in [4.78, 5) is 29.0. The summed E-state index contributed by atoms with van der Waals surface area (Å²) in [5.74, 6) is -0.692. The van der Waals surface area contributed by atoms with Crippen molar-refractivity contribution in [3.05, 3.63) is 80.5 Å². The summed E-state index contributed by atoms with van der Waals surface area (Å²) < 4.78 is 13.0. The van der Waals surface area contributed by atoms with Gasteiger partial charge in [0, 0.05) is 32.7 Å². The minimum atomic E-state index is -0.317. The number of nitrogens with zero attached hydrogens (tertiary/aromatic N) is 4. The molecule has 1 aromatic heterocycles. The van der Waals surface area contributed by atoms with Gasteiger partial charge in [-0.15, -0.1) is 10.2 Å². The number of rotatable bonds is 6. The fourth-order valence-corrected chi connectivity index (χ4v) is 4.39. The van der Waals surface area contributed by atoms with Crippen molar-refractivity contribution in [1.29, 1.82) is 0 Å². The molecular weight excluding hydrogens is 453 g/mol. The number of benzene rings is 2. The van der Waals surface area contributed by atoms with Crippen LogP contribution in [0.5, 0.6) is 0 Å². The predicted molar refractivity (Wildman–Crippen MR) is 120 cm³/mol. The van der Waals surface area contributed by atoms with Gasteiger partial charge in [0.15, 0.2) is 0 Å². The zero-order valence-electron chi connectivity index (χ0n) is 17.1. The maximum Gasteiger partial charge on any atom is 0.282 e. The van der Waals surface area contributed by atoms with E-state index in [9.17, 15) is 14.0 Å². The Labute approximate surface area is 193 Å². The smallest absolute Gasteiger partial charge is 0.282 e. The van der Waals surface area contributed by atoms with Gasteiger partial charge in [-0.3, -0.25) is 14.5 Å². The molecule has 1 aliphatic rings. The topological polar surface area (TPSA) is 78.4 Å². The highest BCUT2D eigenvalue weighted by Gasteiger charge is 2.24. The number of nitrogens with one attached hydrogen (secondary N) is 1. The Morgan fingerprint density at radius 3 is 2.47 bits per heavy atom. The van der Waals surface area contributed by atoms with E-state index in [1.54, 1.807) is 41.3 Å². The molecule has 1 fully saturated rings. The Morgan fingerprint density at radius 2 is 1.75 bits per heavy atom. The molecule has 0 unspecified atom stereocenters. The second-order valence-corrected chi connectivity index (χ2v) is 8.83. The average molecular weight is 474 g/mol. The van der Waals surface area contributed by atoms with Crippen molar-refractivity contribution in [1.82, 2.24) is 25.3 Å². The molecule has 1 N–H and O–H groups in total. The van der Waals surface area contributed by atoms with Gasteiger partial charge in [0.05, 0.1) is 17.1 Å². The highest BCUT2D eigenvalue weighted by molar-refractivity contribution is 7.13. The second-order valence-electron chi connectivity index (χ2n) is 7.36. The Morgan fingerprint density at radius 1 is 1.03 bits per heavy atom. The number of carbonyl (C=O) groups is 2. The normalized spacial score (nSPS) is 14.4. The van der Waals surface area contributed by atoms with E-state index in [4.69, 9.17) is 11.6 Å². The van der Waals surface area contributed by atoms with Gasteiger partial charge < -0.3 is 10.2 Å². The second kappa shape index (κ2) is 10.2. The van der Waals surface area contributed by atoms with E-state index in [0.29, 0.717) is 43.3 Å². The highest BCUT2D eigenvalue weighted by Crippen LogP contribution is 2.19. The van der Waals surface area contributed by atoms with E-state index in [-0.39, 0.29) is 29.2 Å². The summed E-state index contributed by atoms with van der Waals surface area (Å²) in [5, 5.41) is 12.4. The third kappa shape index (κ3) is 5.48. The van der Waals surface area contributed by atoms with Crippen LogP contribution >= 0.6 is 22.9 Å². The molecule has 2 heterocycles. The third-order valence-electron chi connectivity index (χ3n) is 5.15. The van der Waals surface area contributed by atoms with Crippen molar-refractivity contribution in [3.63, 3.8) is 0 Å². The standard InChI is InChI=1S/C22H21ClFN5O2S/c23-18-4-2-1-3-17(18)22(31)29-11-9-28(10-12-29)14-19-26-27-21(32-19)20(30)25-13-15-5-7-16(24)8-6-15/h1-8H,9-14H2,(H,25,30). The van der Waals surface area contributed by atoms with Crippen molar-refractivity contribution in [2.24, 2.45) is 0 Å². The number of carbonyl (C=O) groups excluding carboxylic acids is 2. The Balaban J connectivity index is 1.26. The summed E-state index contributed by atoms with van der Waals surface area (Å²) in [6.45, 7) is 3.43. The molecule has 0 spiro atoms. The third-order valence-corrected chi connectivity index (χ3v) is 6.39. The maximum atomic E-state index is 13.0. The lowest BCUT2D eigenvalue weighted by atomic mass is 10.2. The van der Waals surface area contributed by atoms with E-state index in [1.807, 2.05) is 0 Å². The van der Waals surface area contributed by atoms with E-state index >= 15 is 0 Å². The van der Waals surface area contributed by atoms with Crippen molar-refractivity contribution in [2.45, 2.75) is 13.1 Å². The van der Waals surface area contributed by atoms with Crippen LogP contribution in [-0.4, -0.2) is 58.0 Å². The number of amides is 2. The molecule has 0 atom stereocenters. The van der Waals surface area contributed by atoms with Crippen LogP contribution in [0.3, 0.4) is 0 Å². The molecule has 7 nitrogen and oxygen atoms in total. The first kappa shape index (κ1) is 22.3. The molecule has 4 rings (SSSR count). The van der Waals surface area contributed by atoms with E-state index in [0.717, 1.165) is 10.6 Å². The van der Waals surface area contributed by atoms with Crippen molar-refractivity contribution in [2.75, 3.05) is 26.2 Å². The van der Waals surface area contributed by atoms with Gasteiger partial charge in [-0.2, -0.15) is 0 Å². The number of hydrogen-bond acceptors (Lipinski definition) is 6. The first-order chi connectivity index (χ1) is 15.5. The molecule has 1 aliphatic heterocycles. The van der Waals surface area contributed by atoms with Crippen molar-refractivity contribution in [3.8, 4) is 0 Å². The quantitative estimate of drug-likeness (QED) is 0.594. The van der Waals surface area contributed by atoms with Crippen LogP contribution in [-0.2, 0) is 13.1 Å². The van der Waals surface area contributed by atoms with Crippen LogP contribution in [0.4, 0.5) is 4.39 Å². The average Bonchev–Trinajstić information content (AvgIpc) is 3.27. The number of piperazine rings is 1. The van der Waals surface area contributed by atoms with Crippen LogP contribution in [0.25, 0.3) is 0 Å². The van der Waals surface area contributed by atoms with Crippen LogP contribution < -0.4 is 5.32 Å². The minimum Gasteiger partial charge on any atom is -0.346 e. The zero-order valence-corrected chi connectivity index (χ0v) is 18.7. The lowest BCUT2D eigenvalue weighted by molar-refractivity contribution is 0.0628. The number of hydrogen-bond donors (Lipinski definition) is 1. The first-order valence-electron chi connectivity index (χ1n) is 10.1. The Bertz CT molecular complexity index is 1100. The predicted octanol–water partition coefficient (Wildman–Crippen LogP) is 3.22. The monoisotopic (exact) mass is 473 g/mol. The van der Waals surface area contributed by atoms with Crippen LogP contribution in [0.1, 0.15) is 30.7 Å². The fourth-order valence-electron chi connectivity index (χ4n) is 3.37. The SMILES string of the molecule is O=C(NCc1ccc(F)cc1)c1nnc(CN2CCN(C(=O)c3ccccc3Cl)CC2)s1. The molecule has 166 valence electrons. The summed E-state index contributed by atoms with van der Waals surface area (Å²) >= 11 is 7.39. The van der Waals surface area contributed by atoms with E-state index in [1.165, 1.54) is 23.5 Å². The summed E-state index contributed by atoms with van der Waals surface area (Å²) in [6.07, 6.45) is 0. The van der Waals surface area contributed by atoms with E-state index < -0.39 is 0 Å². The van der Waals surface area contributed by atoms with Crippen molar-refractivity contribution < 1.29 is 14.0 Å². The fraction of sp³-hybridized carbons (Fsp3) is 0.273. The Kier molecular flexibility index (Phi) is 7.09. The lowest BCUT2D eigenvalue weighted by Gasteiger charge is -2.34. The molecule has 0 saturated carbocycles. The lowest BCUT2D eigenvalue weighted by Crippen LogP contribution is -2.48.